The van der Waals surface area contributed by atoms with Gasteiger partial charge in [0.25, 0.3) is 0 Å². The van der Waals surface area contributed by atoms with Crippen molar-refractivity contribution in [1.29, 1.82) is 5.26 Å². The van der Waals surface area contributed by atoms with Crippen LogP contribution in [0.4, 0.5) is 0 Å². The lowest BCUT2D eigenvalue weighted by atomic mass is 10.2. The third-order valence-electron chi connectivity index (χ3n) is 2.72. The summed E-state index contributed by atoms with van der Waals surface area (Å²) < 4.78 is 5.61. The van der Waals surface area contributed by atoms with Gasteiger partial charge >= 0.3 is 0 Å². The van der Waals surface area contributed by atoms with E-state index in [2.05, 4.69) is 17.9 Å². The Morgan fingerprint density at radius 3 is 2.89 bits per heavy atom. The fraction of sp³-hybridized carbons (Fsp3) is 0.500. The first-order chi connectivity index (χ1) is 8.80. The molecule has 0 atom stereocenters. The molecule has 0 aromatic heterocycles. The Hall–Kier alpha value is -1.57. The fourth-order valence-electron chi connectivity index (χ4n) is 1.67. The van der Waals surface area contributed by atoms with E-state index in [0.717, 1.165) is 31.8 Å². The van der Waals surface area contributed by atoms with Crippen LogP contribution in [0.3, 0.4) is 0 Å². The summed E-state index contributed by atoms with van der Waals surface area (Å²) in [6.45, 7) is 5.56. The minimum absolute atomic E-state index is 0.224. The molecular formula is C14H20N2O2. The summed E-state index contributed by atoms with van der Waals surface area (Å²) >= 11 is 0. The molecule has 4 nitrogen and oxygen atoms in total. The van der Waals surface area contributed by atoms with E-state index in [1.807, 2.05) is 12.1 Å². The molecule has 0 radical (unpaired) electrons. The maximum Gasteiger partial charge on any atom is 0.120 e. The molecule has 0 bridgehead atoms. The first-order valence-corrected chi connectivity index (χ1v) is 6.26. The van der Waals surface area contributed by atoms with Gasteiger partial charge in [0.2, 0.25) is 0 Å². The summed E-state index contributed by atoms with van der Waals surface area (Å²) in [4.78, 5) is 2.23. The zero-order valence-corrected chi connectivity index (χ0v) is 10.8. The minimum atomic E-state index is 0.224. The first-order valence-electron chi connectivity index (χ1n) is 6.26. The predicted molar refractivity (Wildman–Crippen MR) is 70.5 cm³/mol. The van der Waals surface area contributed by atoms with E-state index in [0.29, 0.717) is 12.2 Å². The average Bonchev–Trinajstić information content (AvgIpc) is 2.43. The summed E-state index contributed by atoms with van der Waals surface area (Å²) in [7, 11) is 0. The van der Waals surface area contributed by atoms with E-state index in [-0.39, 0.29) is 6.61 Å². The molecule has 4 heteroatoms. The third kappa shape index (κ3) is 5.17. The number of likely N-dealkylation sites (N-methyl/N-ethyl adjacent to an activating group) is 1. The summed E-state index contributed by atoms with van der Waals surface area (Å²) in [5.74, 6) is 0.729. The Balaban J connectivity index is 2.33. The Kier molecular flexibility index (Phi) is 6.85. The number of aliphatic hydroxyl groups excluding tert-OH is 1. The Labute approximate surface area is 108 Å². The van der Waals surface area contributed by atoms with Crippen LogP contribution in [0.2, 0.25) is 0 Å². The van der Waals surface area contributed by atoms with E-state index in [1.54, 1.807) is 12.1 Å². The van der Waals surface area contributed by atoms with Gasteiger partial charge in [-0.1, -0.05) is 13.0 Å². The summed E-state index contributed by atoms with van der Waals surface area (Å²) in [6.07, 6.45) is 0.789. The van der Waals surface area contributed by atoms with Gasteiger partial charge in [-0.25, -0.2) is 0 Å². The second-order valence-corrected chi connectivity index (χ2v) is 4.00. The maximum atomic E-state index is 8.78. The quantitative estimate of drug-likeness (QED) is 0.760. The molecule has 0 spiro atoms. The highest BCUT2D eigenvalue weighted by atomic mass is 16.5. The van der Waals surface area contributed by atoms with Crippen molar-refractivity contribution in [1.82, 2.24) is 4.90 Å². The fourth-order valence-corrected chi connectivity index (χ4v) is 1.67. The SMILES string of the molecule is CCN(CCCO)CCOc1cccc(C#N)c1. The highest BCUT2D eigenvalue weighted by molar-refractivity contribution is 5.36. The van der Waals surface area contributed by atoms with Crippen LogP contribution in [-0.4, -0.2) is 42.9 Å². The number of ether oxygens (including phenoxy) is 1. The standard InChI is InChI=1S/C14H20N2O2/c1-2-16(7-4-9-17)8-10-18-14-6-3-5-13(11-14)12-15/h3,5-6,11,17H,2,4,7-10H2,1H3. The van der Waals surface area contributed by atoms with E-state index in [1.165, 1.54) is 0 Å². The van der Waals surface area contributed by atoms with Gasteiger partial charge in [0.15, 0.2) is 0 Å². The Morgan fingerprint density at radius 1 is 1.39 bits per heavy atom. The number of hydrogen-bond donors (Lipinski definition) is 1. The van der Waals surface area contributed by atoms with Gasteiger partial charge in [0.05, 0.1) is 11.6 Å². The lowest BCUT2D eigenvalue weighted by Crippen LogP contribution is -2.29. The Bertz CT molecular complexity index is 388. The van der Waals surface area contributed by atoms with Gasteiger partial charge < -0.3 is 14.7 Å². The molecule has 0 amide bonds. The van der Waals surface area contributed by atoms with Gasteiger partial charge in [-0.05, 0) is 31.2 Å². The van der Waals surface area contributed by atoms with Crippen LogP contribution < -0.4 is 4.74 Å². The molecule has 0 saturated heterocycles. The molecule has 0 aliphatic rings. The van der Waals surface area contributed by atoms with Crippen LogP contribution in [-0.2, 0) is 0 Å². The lowest BCUT2D eigenvalue weighted by Gasteiger charge is -2.19. The molecule has 1 aromatic carbocycles. The number of nitriles is 1. The van der Waals surface area contributed by atoms with Gasteiger partial charge in [0.1, 0.15) is 12.4 Å². The van der Waals surface area contributed by atoms with Gasteiger partial charge in [-0.2, -0.15) is 5.26 Å². The van der Waals surface area contributed by atoms with Gasteiger partial charge in [-0.15, -0.1) is 0 Å². The molecule has 0 fully saturated rings. The summed E-state index contributed by atoms with van der Waals surface area (Å²) in [5, 5.41) is 17.6. The number of nitrogens with zero attached hydrogens (tertiary/aromatic N) is 2. The number of benzene rings is 1. The van der Waals surface area contributed by atoms with E-state index in [4.69, 9.17) is 15.1 Å². The average molecular weight is 248 g/mol. The van der Waals surface area contributed by atoms with Crippen molar-refractivity contribution in [3.63, 3.8) is 0 Å². The number of hydrogen-bond acceptors (Lipinski definition) is 4. The smallest absolute Gasteiger partial charge is 0.120 e. The van der Waals surface area contributed by atoms with Crippen molar-refractivity contribution in [2.24, 2.45) is 0 Å². The maximum absolute atomic E-state index is 8.78. The zero-order valence-electron chi connectivity index (χ0n) is 10.8. The highest BCUT2D eigenvalue weighted by Crippen LogP contribution is 2.12. The van der Waals surface area contributed by atoms with Crippen molar-refractivity contribution in [2.75, 3.05) is 32.8 Å². The van der Waals surface area contributed by atoms with Crippen LogP contribution in [0.1, 0.15) is 18.9 Å². The summed E-state index contributed by atoms with van der Waals surface area (Å²) in [6, 6.07) is 9.25. The van der Waals surface area contributed by atoms with Gasteiger partial charge in [0, 0.05) is 19.7 Å². The van der Waals surface area contributed by atoms with E-state index >= 15 is 0 Å². The van der Waals surface area contributed by atoms with Crippen LogP contribution in [0.5, 0.6) is 5.75 Å². The molecule has 0 saturated carbocycles. The molecule has 0 heterocycles. The van der Waals surface area contributed by atoms with Crippen LogP contribution in [0.25, 0.3) is 0 Å². The number of rotatable bonds is 8. The molecule has 0 aliphatic carbocycles. The second-order valence-electron chi connectivity index (χ2n) is 4.00. The van der Waals surface area contributed by atoms with Crippen molar-refractivity contribution in [3.8, 4) is 11.8 Å². The lowest BCUT2D eigenvalue weighted by molar-refractivity contribution is 0.195. The molecule has 1 N–H and O–H groups in total. The van der Waals surface area contributed by atoms with Crippen LogP contribution >= 0.6 is 0 Å². The van der Waals surface area contributed by atoms with Crippen molar-refractivity contribution < 1.29 is 9.84 Å². The van der Waals surface area contributed by atoms with E-state index < -0.39 is 0 Å². The van der Waals surface area contributed by atoms with Crippen molar-refractivity contribution in [3.05, 3.63) is 29.8 Å². The highest BCUT2D eigenvalue weighted by Gasteiger charge is 2.02. The zero-order chi connectivity index (χ0) is 13.2. The second kappa shape index (κ2) is 8.51. The molecule has 98 valence electrons. The topological polar surface area (TPSA) is 56.5 Å². The summed E-state index contributed by atoms with van der Waals surface area (Å²) in [5.41, 5.74) is 0.611. The van der Waals surface area contributed by atoms with Gasteiger partial charge in [-0.3, -0.25) is 0 Å². The van der Waals surface area contributed by atoms with Crippen LogP contribution in [0, 0.1) is 11.3 Å². The first kappa shape index (κ1) is 14.5. The Morgan fingerprint density at radius 2 is 2.22 bits per heavy atom. The van der Waals surface area contributed by atoms with Crippen molar-refractivity contribution >= 4 is 0 Å². The molecule has 1 aromatic rings. The molecule has 18 heavy (non-hydrogen) atoms. The number of aliphatic hydroxyl groups is 1. The van der Waals surface area contributed by atoms with Crippen molar-refractivity contribution in [2.45, 2.75) is 13.3 Å². The molecular weight excluding hydrogens is 228 g/mol. The van der Waals surface area contributed by atoms with Crippen LogP contribution in [0.15, 0.2) is 24.3 Å². The molecule has 1 rings (SSSR count). The molecule has 0 unspecified atom stereocenters. The third-order valence-corrected chi connectivity index (χ3v) is 2.72. The molecule has 0 aliphatic heterocycles. The monoisotopic (exact) mass is 248 g/mol. The largest absolute Gasteiger partial charge is 0.492 e. The van der Waals surface area contributed by atoms with E-state index in [9.17, 15) is 0 Å². The predicted octanol–water partition coefficient (Wildman–Crippen LogP) is 1.64. The minimum Gasteiger partial charge on any atom is -0.492 e. The normalized spacial score (nSPS) is 10.3.